The molecular formula is C21H22N4O2. The van der Waals surface area contributed by atoms with E-state index in [-0.39, 0.29) is 11.6 Å². The summed E-state index contributed by atoms with van der Waals surface area (Å²) in [6.45, 7) is 6.08. The molecule has 1 atom stereocenters. The van der Waals surface area contributed by atoms with E-state index in [1.807, 2.05) is 32.2 Å². The summed E-state index contributed by atoms with van der Waals surface area (Å²) in [5, 5.41) is 12.8. The van der Waals surface area contributed by atoms with Crippen molar-refractivity contribution in [2.24, 2.45) is 0 Å². The average molecular weight is 362 g/mol. The van der Waals surface area contributed by atoms with Crippen LogP contribution >= 0.6 is 0 Å². The molecule has 1 aliphatic heterocycles. The molecule has 2 N–H and O–H groups in total. The second-order valence-corrected chi connectivity index (χ2v) is 7.01. The van der Waals surface area contributed by atoms with Gasteiger partial charge in [0.1, 0.15) is 5.82 Å². The molecule has 1 aliphatic rings. The minimum absolute atomic E-state index is 0.117. The van der Waals surface area contributed by atoms with Gasteiger partial charge in [0.05, 0.1) is 28.8 Å². The third kappa shape index (κ3) is 3.30. The number of fused-ring (bicyclic) bond motifs is 1. The normalized spacial score (nSPS) is 14.7. The Kier molecular flexibility index (Phi) is 4.39. The summed E-state index contributed by atoms with van der Waals surface area (Å²) in [7, 11) is 0. The van der Waals surface area contributed by atoms with Crippen molar-refractivity contribution in [1.29, 1.82) is 0 Å². The zero-order valence-electron chi connectivity index (χ0n) is 15.4. The maximum Gasteiger partial charge on any atom is 0.337 e. The van der Waals surface area contributed by atoms with Crippen molar-refractivity contribution in [2.45, 2.75) is 26.3 Å². The second-order valence-electron chi connectivity index (χ2n) is 7.01. The number of para-hydroxylation sites is 1. The molecule has 0 spiro atoms. The molecule has 1 aromatic heterocycles. The molecule has 2 aromatic carbocycles. The van der Waals surface area contributed by atoms with Crippen LogP contribution in [0.4, 0.5) is 11.5 Å². The number of nitrogens with zero attached hydrogens (tertiary/aromatic N) is 3. The standard InChI is InChI=1S/C21H22N4O2/c1-13-10-16(14(2)23-17-7-4-3-6-15(17)21(26)27)20-18(11-13)22-12-19(24-20)25-8-5-9-25/h3-4,6-7,10-12,14,23H,5,8-9H2,1-2H3,(H,26,27)/t14-/m0/s1. The minimum Gasteiger partial charge on any atom is -0.478 e. The highest BCUT2D eigenvalue weighted by Crippen LogP contribution is 2.29. The molecule has 0 aliphatic carbocycles. The number of aromatic carboxylic acids is 1. The average Bonchev–Trinajstić information content (AvgIpc) is 2.60. The minimum atomic E-state index is -0.945. The van der Waals surface area contributed by atoms with E-state index >= 15 is 0 Å². The van der Waals surface area contributed by atoms with Crippen LogP contribution in [0.15, 0.2) is 42.6 Å². The number of carboxylic acid groups (broad SMARTS) is 1. The topological polar surface area (TPSA) is 78.3 Å². The van der Waals surface area contributed by atoms with Gasteiger partial charge in [0.2, 0.25) is 0 Å². The summed E-state index contributed by atoms with van der Waals surface area (Å²) >= 11 is 0. The van der Waals surface area contributed by atoms with Crippen molar-refractivity contribution in [3.63, 3.8) is 0 Å². The number of anilines is 2. The van der Waals surface area contributed by atoms with Gasteiger partial charge in [0.15, 0.2) is 0 Å². The summed E-state index contributed by atoms with van der Waals surface area (Å²) < 4.78 is 0. The van der Waals surface area contributed by atoms with Gasteiger partial charge in [0, 0.05) is 24.3 Å². The predicted molar refractivity (Wildman–Crippen MR) is 107 cm³/mol. The maximum atomic E-state index is 11.5. The number of carbonyl (C=O) groups is 1. The summed E-state index contributed by atoms with van der Waals surface area (Å²) in [5.41, 5.74) is 4.68. The van der Waals surface area contributed by atoms with Crippen LogP contribution in [-0.2, 0) is 0 Å². The number of carboxylic acids is 1. The second kappa shape index (κ2) is 6.87. The molecule has 4 rings (SSSR count). The Bertz CT molecular complexity index is 1010. The lowest BCUT2D eigenvalue weighted by Crippen LogP contribution is -2.37. The molecule has 27 heavy (non-hydrogen) atoms. The van der Waals surface area contributed by atoms with E-state index in [2.05, 4.69) is 21.3 Å². The third-order valence-electron chi connectivity index (χ3n) is 4.99. The van der Waals surface area contributed by atoms with E-state index in [4.69, 9.17) is 4.98 Å². The number of nitrogens with one attached hydrogen (secondary N) is 1. The SMILES string of the molecule is Cc1cc([C@H](C)Nc2ccccc2C(=O)O)c2nc(N3CCC3)cnc2c1. The molecule has 0 radical (unpaired) electrons. The van der Waals surface area contributed by atoms with E-state index in [9.17, 15) is 9.90 Å². The Morgan fingerprint density at radius 3 is 2.74 bits per heavy atom. The molecule has 6 nitrogen and oxygen atoms in total. The molecule has 1 fully saturated rings. The van der Waals surface area contributed by atoms with Crippen LogP contribution in [0.2, 0.25) is 0 Å². The highest BCUT2D eigenvalue weighted by molar-refractivity contribution is 5.94. The number of aryl methyl sites for hydroxylation is 1. The van der Waals surface area contributed by atoms with Crippen LogP contribution < -0.4 is 10.2 Å². The van der Waals surface area contributed by atoms with Gasteiger partial charge in [-0.25, -0.2) is 9.78 Å². The van der Waals surface area contributed by atoms with E-state index in [0.29, 0.717) is 5.69 Å². The van der Waals surface area contributed by atoms with Crippen LogP contribution in [0.1, 0.15) is 40.9 Å². The van der Waals surface area contributed by atoms with Crippen molar-refractivity contribution in [1.82, 2.24) is 9.97 Å². The van der Waals surface area contributed by atoms with Crippen molar-refractivity contribution in [3.8, 4) is 0 Å². The smallest absolute Gasteiger partial charge is 0.337 e. The van der Waals surface area contributed by atoms with Crippen molar-refractivity contribution in [3.05, 3.63) is 59.3 Å². The summed E-state index contributed by atoms with van der Waals surface area (Å²) in [5.74, 6) is -0.0451. The Hall–Kier alpha value is -3.15. The lowest BCUT2D eigenvalue weighted by atomic mass is 10.0. The van der Waals surface area contributed by atoms with E-state index in [1.54, 1.807) is 18.2 Å². The van der Waals surface area contributed by atoms with Gasteiger partial charge in [-0.05, 0) is 44.0 Å². The van der Waals surface area contributed by atoms with Crippen LogP contribution in [0.3, 0.4) is 0 Å². The lowest BCUT2D eigenvalue weighted by Gasteiger charge is -2.32. The summed E-state index contributed by atoms with van der Waals surface area (Å²) in [4.78, 5) is 23.2. The van der Waals surface area contributed by atoms with Crippen molar-refractivity contribution >= 4 is 28.5 Å². The molecule has 0 bridgehead atoms. The first-order valence-electron chi connectivity index (χ1n) is 9.14. The first-order valence-corrected chi connectivity index (χ1v) is 9.14. The van der Waals surface area contributed by atoms with Crippen molar-refractivity contribution < 1.29 is 9.90 Å². The Labute approximate surface area is 157 Å². The molecule has 0 unspecified atom stereocenters. The third-order valence-corrected chi connectivity index (χ3v) is 4.99. The van der Waals surface area contributed by atoms with E-state index < -0.39 is 5.97 Å². The molecular weight excluding hydrogens is 340 g/mol. The molecule has 1 saturated heterocycles. The molecule has 0 amide bonds. The fourth-order valence-electron chi connectivity index (χ4n) is 3.41. The molecule has 3 aromatic rings. The first kappa shape index (κ1) is 17.3. The summed E-state index contributed by atoms with van der Waals surface area (Å²) in [6, 6.07) is 11.0. The van der Waals surface area contributed by atoms with Gasteiger partial charge in [-0.2, -0.15) is 0 Å². The van der Waals surface area contributed by atoms with Gasteiger partial charge in [-0.1, -0.05) is 18.2 Å². The van der Waals surface area contributed by atoms with Crippen LogP contribution in [0.5, 0.6) is 0 Å². The van der Waals surface area contributed by atoms with Gasteiger partial charge < -0.3 is 15.3 Å². The fraction of sp³-hybridized carbons (Fsp3) is 0.286. The Morgan fingerprint density at radius 2 is 2.04 bits per heavy atom. The number of rotatable bonds is 5. The Balaban J connectivity index is 1.74. The molecule has 6 heteroatoms. The zero-order valence-corrected chi connectivity index (χ0v) is 15.4. The highest BCUT2D eigenvalue weighted by atomic mass is 16.4. The van der Waals surface area contributed by atoms with Crippen LogP contribution in [0.25, 0.3) is 11.0 Å². The number of benzene rings is 2. The highest BCUT2D eigenvalue weighted by Gasteiger charge is 2.19. The van der Waals surface area contributed by atoms with Gasteiger partial charge in [-0.15, -0.1) is 0 Å². The molecule has 2 heterocycles. The van der Waals surface area contributed by atoms with E-state index in [0.717, 1.165) is 41.1 Å². The van der Waals surface area contributed by atoms with Crippen LogP contribution in [0, 0.1) is 6.92 Å². The summed E-state index contributed by atoms with van der Waals surface area (Å²) in [6.07, 6.45) is 3.02. The first-order chi connectivity index (χ1) is 13.0. The van der Waals surface area contributed by atoms with Crippen molar-refractivity contribution in [2.75, 3.05) is 23.3 Å². The fourth-order valence-corrected chi connectivity index (χ4v) is 3.41. The van der Waals surface area contributed by atoms with Gasteiger partial charge >= 0.3 is 5.97 Å². The molecule has 0 saturated carbocycles. The van der Waals surface area contributed by atoms with Gasteiger partial charge in [-0.3, -0.25) is 4.98 Å². The van der Waals surface area contributed by atoms with E-state index in [1.165, 1.54) is 6.42 Å². The lowest BCUT2D eigenvalue weighted by molar-refractivity contribution is 0.0698. The predicted octanol–water partition coefficient (Wildman–Crippen LogP) is 4.02. The number of hydrogen-bond acceptors (Lipinski definition) is 5. The monoisotopic (exact) mass is 362 g/mol. The zero-order chi connectivity index (χ0) is 19.0. The molecule has 138 valence electrons. The number of aromatic nitrogens is 2. The largest absolute Gasteiger partial charge is 0.478 e. The quantitative estimate of drug-likeness (QED) is 0.714. The Morgan fingerprint density at radius 1 is 1.26 bits per heavy atom. The van der Waals surface area contributed by atoms with Crippen LogP contribution in [-0.4, -0.2) is 34.1 Å². The number of hydrogen-bond donors (Lipinski definition) is 2. The van der Waals surface area contributed by atoms with Gasteiger partial charge in [0.25, 0.3) is 0 Å². The maximum absolute atomic E-state index is 11.5.